The molecule has 2 heterocycles. The third-order valence-corrected chi connectivity index (χ3v) is 7.41. The van der Waals surface area contributed by atoms with Crippen LogP contribution in [-0.4, -0.2) is 40.9 Å². The summed E-state index contributed by atoms with van der Waals surface area (Å²) in [4.78, 5) is 38.0. The molecule has 37 heavy (non-hydrogen) atoms. The van der Waals surface area contributed by atoms with Crippen molar-refractivity contribution in [3.8, 4) is 0 Å². The van der Waals surface area contributed by atoms with E-state index in [0.717, 1.165) is 22.3 Å². The van der Waals surface area contributed by atoms with Crippen molar-refractivity contribution in [2.75, 3.05) is 23.9 Å². The van der Waals surface area contributed by atoms with Crippen molar-refractivity contribution in [1.82, 2.24) is 9.97 Å². The van der Waals surface area contributed by atoms with E-state index < -0.39 is 17.7 Å². The summed E-state index contributed by atoms with van der Waals surface area (Å²) in [6, 6.07) is 14.9. The van der Waals surface area contributed by atoms with E-state index in [1.165, 1.54) is 17.0 Å². The maximum Gasteiger partial charge on any atom is 0.302 e. The van der Waals surface area contributed by atoms with Gasteiger partial charge in [0.05, 0.1) is 32.7 Å². The predicted octanol–water partition coefficient (Wildman–Crippen LogP) is 6.18. The number of aromatic nitrogens is 2. The fourth-order valence-electron chi connectivity index (χ4n) is 4.49. The highest BCUT2D eigenvalue weighted by molar-refractivity contribution is 6.51. The van der Waals surface area contributed by atoms with Crippen molar-refractivity contribution in [2.24, 2.45) is 0 Å². The Morgan fingerprint density at radius 1 is 0.973 bits per heavy atom. The van der Waals surface area contributed by atoms with Crippen molar-refractivity contribution >= 4 is 63.3 Å². The average Bonchev–Trinajstić information content (AvgIpc) is 3.38. The van der Waals surface area contributed by atoms with E-state index in [1.54, 1.807) is 6.07 Å². The number of nitrogens with one attached hydrogen (secondary N) is 1. The van der Waals surface area contributed by atoms with Crippen molar-refractivity contribution < 1.29 is 14.7 Å². The van der Waals surface area contributed by atoms with Crippen LogP contribution in [-0.2, 0) is 9.59 Å². The largest absolute Gasteiger partial charge is 0.507 e. The first-order valence-corrected chi connectivity index (χ1v) is 12.3. The quantitative estimate of drug-likeness (QED) is 0.185. The van der Waals surface area contributed by atoms with E-state index in [4.69, 9.17) is 23.2 Å². The van der Waals surface area contributed by atoms with Gasteiger partial charge in [-0.2, -0.15) is 0 Å². The van der Waals surface area contributed by atoms with Gasteiger partial charge in [-0.1, -0.05) is 35.3 Å². The molecule has 4 aromatic rings. The summed E-state index contributed by atoms with van der Waals surface area (Å²) in [6.45, 7) is 3.98. The molecule has 1 amide bonds. The van der Waals surface area contributed by atoms with Crippen molar-refractivity contribution in [2.45, 2.75) is 19.9 Å². The number of fused-ring (bicyclic) bond motifs is 1. The number of hydrogen-bond acceptors (Lipinski definition) is 5. The van der Waals surface area contributed by atoms with Crippen LogP contribution in [0.4, 0.5) is 11.6 Å². The number of carbonyl (C=O) groups is 2. The number of aliphatic hydroxyl groups excluding tert-OH is 1. The molecule has 9 heteroatoms. The summed E-state index contributed by atoms with van der Waals surface area (Å²) < 4.78 is 0. The molecule has 0 bridgehead atoms. The van der Waals surface area contributed by atoms with E-state index in [-0.39, 0.29) is 27.9 Å². The molecule has 1 unspecified atom stereocenters. The van der Waals surface area contributed by atoms with E-state index in [0.29, 0.717) is 16.1 Å². The van der Waals surface area contributed by atoms with Gasteiger partial charge in [-0.15, -0.1) is 0 Å². The Morgan fingerprint density at radius 3 is 2.30 bits per heavy atom. The second-order valence-electron chi connectivity index (χ2n) is 9.30. The summed E-state index contributed by atoms with van der Waals surface area (Å²) in [5.41, 5.74) is 5.34. The van der Waals surface area contributed by atoms with Crippen LogP contribution in [0.3, 0.4) is 0 Å². The van der Waals surface area contributed by atoms with Crippen molar-refractivity contribution in [3.05, 3.63) is 92.5 Å². The first-order chi connectivity index (χ1) is 17.6. The number of aromatic amines is 1. The Balaban J connectivity index is 1.73. The van der Waals surface area contributed by atoms with Gasteiger partial charge >= 0.3 is 5.91 Å². The number of ketones is 1. The van der Waals surface area contributed by atoms with Gasteiger partial charge < -0.3 is 15.0 Å². The highest BCUT2D eigenvalue weighted by Crippen LogP contribution is 2.42. The first kappa shape index (κ1) is 24.9. The van der Waals surface area contributed by atoms with Gasteiger partial charge in [0.1, 0.15) is 5.76 Å². The van der Waals surface area contributed by atoms with Crippen LogP contribution in [0.2, 0.25) is 10.0 Å². The van der Waals surface area contributed by atoms with Crippen LogP contribution in [0.25, 0.3) is 16.8 Å². The van der Waals surface area contributed by atoms with Gasteiger partial charge in [-0.05, 0) is 73.0 Å². The lowest BCUT2D eigenvalue weighted by Gasteiger charge is -2.24. The van der Waals surface area contributed by atoms with E-state index in [2.05, 4.69) is 9.97 Å². The molecule has 0 spiro atoms. The third-order valence-electron chi connectivity index (χ3n) is 6.68. The number of aryl methyl sites for hydroxylation is 2. The predicted molar refractivity (Wildman–Crippen MR) is 148 cm³/mol. The highest BCUT2D eigenvalue weighted by Gasteiger charge is 2.48. The SMILES string of the molecule is Cc1cc2nc(N3C(=O)C(=O)/C(=C(/O)c4ccc(Cl)c(Cl)c4)C3c3ccc(N(C)C)cc3)[nH]c2cc1C. The van der Waals surface area contributed by atoms with Crippen molar-refractivity contribution in [1.29, 1.82) is 0 Å². The molecule has 0 saturated carbocycles. The molecular weight excluding hydrogens is 511 g/mol. The minimum atomic E-state index is -0.923. The summed E-state index contributed by atoms with van der Waals surface area (Å²) in [6.07, 6.45) is 0. The third kappa shape index (κ3) is 4.24. The molecule has 0 radical (unpaired) electrons. The smallest absolute Gasteiger partial charge is 0.302 e. The lowest BCUT2D eigenvalue weighted by molar-refractivity contribution is -0.132. The Morgan fingerprint density at radius 2 is 1.65 bits per heavy atom. The number of Topliss-reactive ketones (excluding diaryl/α,β-unsaturated/α-hetero) is 1. The van der Waals surface area contributed by atoms with Gasteiger partial charge in [0.2, 0.25) is 5.95 Å². The zero-order valence-corrected chi connectivity index (χ0v) is 22.1. The normalized spacial score (nSPS) is 17.1. The maximum atomic E-state index is 13.5. The first-order valence-electron chi connectivity index (χ1n) is 11.6. The number of imidazole rings is 1. The van der Waals surface area contributed by atoms with Crippen molar-refractivity contribution in [3.63, 3.8) is 0 Å². The van der Waals surface area contributed by atoms with Gasteiger partial charge in [-0.3, -0.25) is 14.5 Å². The number of amides is 1. The summed E-state index contributed by atoms with van der Waals surface area (Å²) in [7, 11) is 3.84. The molecule has 1 aromatic heterocycles. The molecule has 3 aromatic carbocycles. The summed E-state index contributed by atoms with van der Waals surface area (Å²) in [5.74, 6) is -1.74. The van der Waals surface area contributed by atoms with Gasteiger partial charge in [0, 0.05) is 25.3 Å². The Bertz CT molecular complexity index is 1570. The Labute approximate surface area is 223 Å². The fraction of sp³-hybridized carbons (Fsp3) is 0.179. The Hall–Kier alpha value is -3.81. The molecule has 0 aliphatic carbocycles. The monoisotopic (exact) mass is 534 g/mol. The number of H-pyrrole nitrogens is 1. The number of anilines is 2. The second-order valence-corrected chi connectivity index (χ2v) is 10.1. The van der Waals surface area contributed by atoms with E-state index >= 15 is 0 Å². The molecule has 1 aliphatic rings. The average molecular weight is 535 g/mol. The van der Waals surface area contributed by atoms with E-state index in [1.807, 2.05) is 69.2 Å². The number of benzene rings is 3. The molecule has 1 saturated heterocycles. The van der Waals surface area contributed by atoms with Crippen LogP contribution >= 0.6 is 23.2 Å². The molecule has 1 aliphatic heterocycles. The molecule has 1 atom stereocenters. The van der Waals surface area contributed by atoms with Gasteiger partial charge in [0.25, 0.3) is 5.78 Å². The molecule has 1 fully saturated rings. The lowest BCUT2D eigenvalue weighted by Crippen LogP contribution is -2.30. The molecule has 5 rings (SSSR count). The standard InChI is InChI=1S/C28H24Cl2N4O3/c1-14-11-21-22(12-15(14)2)32-28(31-21)34-24(16-5-8-18(9-6-16)33(3)4)23(26(36)27(34)37)25(35)17-7-10-19(29)20(30)13-17/h5-13,24,35H,1-4H3,(H,31,32)/b25-23+. The van der Waals surface area contributed by atoms with Gasteiger partial charge in [0.15, 0.2) is 0 Å². The number of hydrogen-bond donors (Lipinski definition) is 2. The second kappa shape index (κ2) is 9.25. The molecule has 2 N–H and O–H groups in total. The maximum absolute atomic E-state index is 13.5. The van der Waals surface area contributed by atoms with Crippen LogP contribution in [0.15, 0.2) is 60.2 Å². The Kier molecular flexibility index (Phi) is 6.22. The van der Waals surface area contributed by atoms with Crippen LogP contribution in [0, 0.1) is 13.8 Å². The summed E-state index contributed by atoms with van der Waals surface area (Å²) >= 11 is 12.2. The van der Waals surface area contributed by atoms with Crippen LogP contribution < -0.4 is 9.80 Å². The number of rotatable bonds is 4. The van der Waals surface area contributed by atoms with Gasteiger partial charge in [-0.25, -0.2) is 4.98 Å². The highest BCUT2D eigenvalue weighted by atomic mass is 35.5. The fourth-order valence-corrected chi connectivity index (χ4v) is 4.79. The number of aliphatic hydroxyl groups is 1. The van der Waals surface area contributed by atoms with Crippen LogP contribution in [0.5, 0.6) is 0 Å². The number of carbonyl (C=O) groups excluding carboxylic acids is 2. The number of nitrogens with zero attached hydrogens (tertiary/aromatic N) is 3. The zero-order valence-electron chi connectivity index (χ0n) is 20.6. The molecule has 188 valence electrons. The number of halogens is 2. The lowest BCUT2D eigenvalue weighted by atomic mass is 9.95. The topological polar surface area (TPSA) is 89.5 Å². The molecule has 7 nitrogen and oxygen atoms in total. The minimum absolute atomic E-state index is 0.0613. The minimum Gasteiger partial charge on any atom is -0.507 e. The van der Waals surface area contributed by atoms with Crippen LogP contribution in [0.1, 0.15) is 28.3 Å². The molecular formula is C28H24Cl2N4O3. The van der Waals surface area contributed by atoms with E-state index in [9.17, 15) is 14.7 Å². The zero-order chi connectivity index (χ0) is 26.6. The summed E-state index contributed by atoms with van der Waals surface area (Å²) in [5, 5.41) is 11.8.